The van der Waals surface area contributed by atoms with Crippen molar-refractivity contribution in [2.24, 2.45) is 5.92 Å². The number of carboxylic acids is 1. The van der Waals surface area contributed by atoms with Crippen molar-refractivity contribution in [2.75, 3.05) is 7.11 Å². The third-order valence-electron chi connectivity index (χ3n) is 4.06. The van der Waals surface area contributed by atoms with Crippen molar-refractivity contribution in [1.82, 2.24) is 0 Å². The van der Waals surface area contributed by atoms with Crippen LogP contribution in [-0.4, -0.2) is 18.2 Å². The Labute approximate surface area is 131 Å². The average Bonchev–Trinajstić information content (AvgIpc) is 3.19. The SMILES string of the molecule is COc1cc(C(CC(=O)O)C2CC2)c(Br)c2cc(C)oc12. The minimum atomic E-state index is -0.763. The summed E-state index contributed by atoms with van der Waals surface area (Å²) in [6.07, 6.45) is 2.33. The van der Waals surface area contributed by atoms with Crippen LogP contribution in [0.25, 0.3) is 11.0 Å². The van der Waals surface area contributed by atoms with Crippen molar-refractivity contribution in [3.8, 4) is 5.75 Å². The van der Waals surface area contributed by atoms with E-state index < -0.39 is 5.97 Å². The molecule has 1 aromatic carbocycles. The fourth-order valence-corrected chi connectivity index (χ4v) is 3.63. The summed E-state index contributed by atoms with van der Waals surface area (Å²) < 4.78 is 12.0. The number of ether oxygens (including phenoxy) is 1. The molecule has 1 fully saturated rings. The molecule has 5 heteroatoms. The molecule has 0 amide bonds. The number of fused-ring (bicyclic) bond motifs is 1. The molecule has 1 saturated carbocycles. The number of rotatable bonds is 5. The molecule has 1 unspecified atom stereocenters. The lowest BCUT2D eigenvalue weighted by Gasteiger charge is -2.18. The van der Waals surface area contributed by atoms with Gasteiger partial charge in [0.1, 0.15) is 5.76 Å². The molecule has 2 aromatic rings. The van der Waals surface area contributed by atoms with E-state index in [4.69, 9.17) is 9.15 Å². The topological polar surface area (TPSA) is 59.7 Å². The van der Waals surface area contributed by atoms with Gasteiger partial charge in [0.2, 0.25) is 0 Å². The first-order valence-corrected chi connectivity index (χ1v) is 7.79. The Morgan fingerprint density at radius 1 is 1.52 bits per heavy atom. The summed E-state index contributed by atoms with van der Waals surface area (Å²) in [5.74, 6) is 1.17. The number of carboxylic acid groups (broad SMARTS) is 1. The first kappa shape index (κ1) is 14.4. The minimum absolute atomic E-state index is 0.0189. The number of methoxy groups -OCH3 is 1. The van der Waals surface area contributed by atoms with E-state index in [1.165, 1.54) is 0 Å². The lowest BCUT2D eigenvalue weighted by atomic mass is 9.90. The summed E-state index contributed by atoms with van der Waals surface area (Å²) in [6, 6.07) is 3.87. The van der Waals surface area contributed by atoms with Crippen molar-refractivity contribution in [3.63, 3.8) is 0 Å². The van der Waals surface area contributed by atoms with Gasteiger partial charge in [0.25, 0.3) is 0 Å². The van der Waals surface area contributed by atoms with Crippen LogP contribution in [0.2, 0.25) is 0 Å². The summed E-state index contributed by atoms with van der Waals surface area (Å²) in [4.78, 5) is 11.2. The lowest BCUT2D eigenvalue weighted by Crippen LogP contribution is -2.09. The number of hydrogen-bond donors (Lipinski definition) is 1. The van der Waals surface area contributed by atoms with Gasteiger partial charge < -0.3 is 14.3 Å². The Kier molecular flexibility index (Phi) is 3.69. The largest absolute Gasteiger partial charge is 0.493 e. The van der Waals surface area contributed by atoms with Gasteiger partial charge in [-0.2, -0.15) is 0 Å². The average molecular weight is 353 g/mol. The Morgan fingerprint density at radius 2 is 2.24 bits per heavy atom. The van der Waals surface area contributed by atoms with Crippen LogP contribution < -0.4 is 4.74 Å². The van der Waals surface area contributed by atoms with Crippen molar-refractivity contribution in [3.05, 3.63) is 27.9 Å². The summed E-state index contributed by atoms with van der Waals surface area (Å²) in [6.45, 7) is 1.89. The molecule has 0 bridgehead atoms. The molecule has 4 nitrogen and oxygen atoms in total. The Morgan fingerprint density at radius 3 is 2.81 bits per heavy atom. The number of aliphatic carboxylic acids is 1. The Bertz CT molecular complexity index is 700. The zero-order valence-electron chi connectivity index (χ0n) is 12.0. The highest BCUT2D eigenvalue weighted by atomic mass is 79.9. The molecule has 1 N–H and O–H groups in total. The van der Waals surface area contributed by atoms with E-state index in [0.29, 0.717) is 17.3 Å². The maximum atomic E-state index is 11.2. The fourth-order valence-electron chi connectivity index (χ4n) is 2.92. The van der Waals surface area contributed by atoms with Gasteiger partial charge in [-0.3, -0.25) is 4.79 Å². The molecule has 1 aromatic heterocycles. The first-order valence-electron chi connectivity index (χ1n) is 6.99. The zero-order chi connectivity index (χ0) is 15.1. The Hall–Kier alpha value is -1.49. The predicted molar refractivity (Wildman–Crippen MR) is 82.9 cm³/mol. The molecular weight excluding hydrogens is 336 g/mol. The van der Waals surface area contributed by atoms with E-state index in [-0.39, 0.29) is 12.3 Å². The second-order valence-corrected chi connectivity index (χ2v) is 6.42. The van der Waals surface area contributed by atoms with E-state index in [9.17, 15) is 9.90 Å². The van der Waals surface area contributed by atoms with E-state index in [2.05, 4.69) is 15.9 Å². The van der Waals surface area contributed by atoms with Gasteiger partial charge in [-0.05, 0) is 65.2 Å². The number of aryl methyl sites for hydroxylation is 1. The number of carbonyl (C=O) groups is 1. The maximum absolute atomic E-state index is 11.2. The smallest absolute Gasteiger partial charge is 0.303 e. The molecule has 1 atom stereocenters. The fraction of sp³-hybridized carbons (Fsp3) is 0.438. The number of benzene rings is 1. The van der Waals surface area contributed by atoms with Crippen LogP contribution in [0.4, 0.5) is 0 Å². The van der Waals surface area contributed by atoms with Crippen LogP contribution in [-0.2, 0) is 4.79 Å². The molecule has 1 aliphatic carbocycles. The van der Waals surface area contributed by atoms with Gasteiger partial charge in [0, 0.05) is 9.86 Å². The lowest BCUT2D eigenvalue weighted by molar-refractivity contribution is -0.137. The molecule has 0 aliphatic heterocycles. The van der Waals surface area contributed by atoms with E-state index in [1.807, 2.05) is 19.1 Å². The quantitative estimate of drug-likeness (QED) is 0.861. The van der Waals surface area contributed by atoms with Crippen LogP contribution in [0.5, 0.6) is 5.75 Å². The van der Waals surface area contributed by atoms with Gasteiger partial charge in [-0.25, -0.2) is 0 Å². The van der Waals surface area contributed by atoms with Crippen LogP contribution in [0.1, 0.15) is 36.5 Å². The molecule has 21 heavy (non-hydrogen) atoms. The van der Waals surface area contributed by atoms with Crippen LogP contribution in [0.3, 0.4) is 0 Å². The highest BCUT2D eigenvalue weighted by Gasteiger charge is 2.35. The third kappa shape index (κ3) is 2.67. The van der Waals surface area contributed by atoms with Crippen LogP contribution >= 0.6 is 15.9 Å². The molecule has 0 saturated heterocycles. The van der Waals surface area contributed by atoms with Crippen molar-refractivity contribution in [1.29, 1.82) is 0 Å². The number of halogens is 1. The van der Waals surface area contributed by atoms with Gasteiger partial charge in [0.05, 0.1) is 13.5 Å². The number of hydrogen-bond acceptors (Lipinski definition) is 3. The van der Waals surface area contributed by atoms with Gasteiger partial charge in [0.15, 0.2) is 11.3 Å². The molecule has 0 radical (unpaired) electrons. The maximum Gasteiger partial charge on any atom is 0.303 e. The standard InChI is InChI=1S/C16H17BrO4/c1-8-5-12-15(17)11(6-13(20-2)16(12)21-8)10(7-14(18)19)9-3-4-9/h5-6,9-10H,3-4,7H2,1-2H3,(H,18,19). The van der Waals surface area contributed by atoms with Crippen molar-refractivity contribution < 1.29 is 19.1 Å². The third-order valence-corrected chi connectivity index (χ3v) is 4.95. The van der Waals surface area contributed by atoms with Crippen LogP contribution in [0.15, 0.2) is 21.0 Å². The molecule has 0 spiro atoms. The van der Waals surface area contributed by atoms with Crippen molar-refractivity contribution in [2.45, 2.75) is 32.1 Å². The summed E-state index contributed by atoms with van der Waals surface area (Å²) >= 11 is 3.64. The Balaban J connectivity index is 2.16. The highest BCUT2D eigenvalue weighted by Crippen LogP contribution is 2.49. The van der Waals surface area contributed by atoms with E-state index in [1.54, 1.807) is 7.11 Å². The van der Waals surface area contributed by atoms with Gasteiger partial charge >= 0.3 is 5.97 Å². The molecule has 3 rings (SSSR count). The van der Waals surface area contributed by atoms with E-state index >= 15 is 0 Å². The summed E-state index contributed by atoms with van der Waals surface area (Å²) in [7, 11) is 1.60. The second-order valence-electron chi connectivity index (χ2n) is 5.62. The predicted octanol–water partition coefficient (Wildman–Crippen LogP) is 4.48. The molecule has 1 aliphatic rings. The normalized spacial score (nSPS) is 16.1. The number of furan rings is 1. The monoisotopic (exact) mass is 352 g/mol. The van der Waals surface area contributed by atoms with Crippen molar-refractivity contribution >= 4 is 32.9 Å². The molecule has 1 heterocycles. The van der Waals surface area contributed by atoms with Gasteiger partial charge in [-0.1, -0.05) is 0 Å². The molecule has 112 valence electrons. The molecular formula is C16H17BrO4. The second kappa shape index (κ2) is 5.37. The summed E-state index contributed by atoms with van der Waals surface area (Å²) in [5, 5.41) is 10.1. The summed E-state index contributed by atoms with van der Waals surface area (Å²) in [5.41, 5.74) is 1.71. The first-order chi connectivity index (χ1) is 10.0. The van der Waals surface area contributed by atoms with Gasteiger partial charge in [-0.15, -0.1) is 0 Å². The minimum Gasteiger partial charge on any atom is -0.493 e. The highest BCUT2D eigenvalue weighted by molar-refractivity contribution is 9.10. The zero-order valence-corrected chi connectivity index (χ0v) is 13.6. The van der Waals surface area contributed by atoms with Crippen LogP contribution in [0, 0.1) is 12.8 Å². The van der Waals surface area contributed by atoms with E-state index in [0.717, 1.165) is 34.0 Å².